The van der Waals surface area contributed by atoms with Crippen LogP contribution in [0.15, 0.2) is 42.7 Å². The number of benzene rings is 1. The van der Waals surface area contributed by atoms with E-state index in [-0.39, 0.29) is 11.4 Å². The molecule has 2 aromatic heterocycles. The maximum absolute atomic E-state index is 14.3. The van der Waals surface area contributed by atoms with Crippen LogP contribution in [0.4, 0.5) is 4.39 Å². The van der Waals surface area contributed by atoms with Gasteiger partial charge in [0.25, 0.3) is 0 Å². The third kappa shape index (κ3) is 2.99. The third-order valence-corrected chi connectivity index (χ3v) is 3.44. The van der Waals surface area contributed by atoms with Gasteiger partial charge in [0.05, 0.1) is 11.9 Å². The molecule has 0 fully saturated rings. The molecular formula is C17H19FN4. The topological polar surface area (TPSA) is 42.2 Å². The van der Waals surface area contributed by atoms with Crippen LogP contribution in [0.25, 0.3) is 16.9 Å². The molecule has 22 heavy (non-hydrogen) atoms. The number of nitrogens with one attached hydrogen (secondary N) is 1. The molecule has 0 amide bonds. The molecule has 2 heterocycles. The Hall–Kier alpha value is -2.27. The van der Waals surface area contributed by atoms with Crippen LogP contribution in [0.2, 0.25) is 0 Å². The quantitative estimate of drug-likeness (QED) is 0.805. The van der Waals surface area contributed by atoms with Gasteiger partial charge in [-0.25, -0.2) is 13.9 Å². The van der Waals surface area contributed by atoms with Crippen LogP contribution in [0.3, 0.4) is 0 Å². The van der Waals surface area contributed by atoms with E-state index in [1.165, 1.54) is 6.07 Å². The molecule has 114 valence electrons. The fourth-order valence-electron chi connectivity index (χ4n) is 2.24. The summed E-state index contributed by atoms with van der Waals surface area (Å²) in [6.07, 6.45) is 3.40. The van der Waals surface area contributed by atoms with Crippen LogP contribution < -0.4 is 5.32 Å². The number of halogens is 1. The Morgan fingerprint density at radius 2 is 2.05 bits per heavy atom. The van der Waals surface area contributed by atoms with Gasteiger partial charge in [-0.2, -0.15) is 5.10 Å². The molecule has 4 nitrogen and oxygen atoms in total. The van der Waals surface area contributed by atoms with E-state index < -0.39 is 0 Å². The van der Waals surface area contributed by atoms with Crippen molar-refractivity contribution < 1.29 is 4.39 Å². The van der Waals surface area contributed by atoms with Gasteiger partial charge in [0.2, 0.25) is 0 Å². The summed E-state index contributed by atoms with van der Waals surface area (Å²) in [5.41, 5.74) is 2.90. The Kier molecular flexibility index (Phi) is 3.66. The van der Waals surface area contributed by atoms with Gasteiger partial charge >= 0.3 is 0 Å². The molecule has 0 aliphatic carbocycles. The second-order valence-corrected chi connectivity index (χ2v) is 6.35. The van der Waals surface area contributed by atoms with Crippen molar-refractivity contribution in [1.29, 1.82) is 0 Å². The first-order valence-electron chi connectivity index (χ1n) is 7.27. The average Bonchev–Trinajstić information content (AvgIpc) is 2.89. The smallest absolute Gasteiger partial charge is 0.154 e. The van der Waals surface area contributed by atoms with Crippen LogP contribution in [0.5, 0.6) is 0 Å². The van der Waals surface area contributed by atoms with Gasteiger partial charge in [-0.3, -0.25) is 0 Å². The summed E-state index contributed by atoms with van der Waals surface area (Å²) < 4.78 is 16.0. The van der Waals surface area contributed by atoms with E-state index in [1.54, 1.807) is 16.9 Å². The second kappa shape index (κ2) is 5.50. The Morgan fingerprint density at radius 1 is 1.23 bits per heavy atom. The van der Waals surface area contributed by atoms with Crippen molar-refractivity contribution in [2.75, 3.05) is 0 Å². The molecule has 0 saturated heterocycles. The van der Waals surface area contributed by atoms with Gasteiger partial charge in [0.15, 0.2) is 5.65 Å². The van der Waals surface area contributed by atoms with Gasteiger partial charge in [-0.15, -0.1) is 0 Å². The predicted molar refractivity (Wildman–Crippen MR) is 85.0 cm³/mol. The van der Waals surface area contributed by atoms with Crippen molar-refractivity contribution in [3.63, 3.8) is 0 Å². The lowest BCUT2D eigenvalue weighted by atomic mass is 10.1. The number of hydrogen-bond acceptors (Lipinski definition) is 3. The number of nitrogens with zero attached hydrogens (tertiary/aromatic N) is 3. The van der Waals surface area contributed by atoms with E-state index in [9.17, 15) is 4.39 Å². The minimum absolute atomic E-state index is 0.0450. The minimum Gasteiger partial charge on any atom is -0.308 e. The van der Waals surface area contributed by atoms with E-state index >= 15 is 0 Å². The lowest BCUT2D eigenvalue weighted by molar-refractivity contribution is 0.418. The lowest BCUT2D eigenvalue weighted by Crippen LogP contribution is -2.35. The van der Waals surface area contributed by atoms with Crippen molar-refractivity contribution in [3.8, 4) is 11.3 Å². The summed E-state index contributed by atoms with van der Waals surface area (Å²) in [7, 11) is 0. The molecule has 0 saturated carbocycles. The minimum atomic E-state index is -0.222. The fraction of sp³-hybridized carbons (Fsp3) is 0.294. The van der Waals surface area contributed by atoms with E-state index in [4.69, 9.17) is 0 Å². The Labute approximate surface area is 129 Å². The van der Waals surface area contributed by atoms with Gasteiger partial charge in [-0.05, 0) is 39.0 Å². The summed E-state index contributed by atoms with van der Waals surface area (Å²) in [4.78, 5) is 4.28. The summed E-state index contributed by atoms with van der Waals surface area (Å²) in [5.74, 6) is -0.222. The Balaban J connectivity index is 1.92. The van der Waals surface area contributed by atoms with E-state index in [2.05, 4.69) is 36.2 Å². The molecule has 0 aliphatic rings. The van der Waals surface area contributed by atoms with E-state index in [1.807, 2.05) is 24.3 Å². The first-order valence-corrected chi connectivity index (χ1v) is 7.27. The number of fused-ring (bicyclic) bond motifs is 1. The Bertz CT molecular complexity index is 802. The molecule has 1 aromatic carbocycles. The van der Waals surface area contributed by atoms with E-state index in [0.29, 0.717) is 12.1 Å². The number of hydrogen-bond donors (Lipinski definition) is 1. The standard InChI is InChI=1S/C17H19FN4/c1-17(2,3)20-10-13-7-6-12(9-14(13)18)15-11-19-16-5-4-8-21-22(15)16/h4-9,11,20H,10H2,1-3H3. The van der Waals surface area contributed by atoms with Crippen LogP contribution in [-0.4, -0.2) is 20.1 Å². The van der Waals surface area contributed by atoms with Crippen molar-refractivity contribution in [1.82, 2.24) is 19.9 Å². The molecule has 0 atom stereocenters. The third-order valence-electron chi connectivity index (χ3n) is 3.44. The monoisotopic (exact) mass is 298 g/mol. The molecule has 1 N–H and O–H groups in total. The van der Waals surface area contributed by atoms with E-state index in [0.717, 1.165) is 16.9 Å². The summed E-state index contributed by atoms with van der Waals surface area (Å²) in [6.45, 7) is 6.68. The second-order valence-electron chi connectivity index (χ2n) is 6.35. The number of rotatable bonds is 3. The Morgan fingerprint density at radius 3 is 2.77 bits per heavy atom. The number of aromatic nitrogens is 3. The summed E-state index contributed by atoms with van der Waals surface area (Å²) in [6, 6.07) is 8.95. The molecule has 5 heteroatoms. The normalized spacial score (nSPS) is 12.0. The highest BCUT2D eigenvalue weighted by Gasteiger charge is 2.13. The van der Waals surface area contributed by atoms with Gasteiger partial charge in [0, 0.05) is 29.4 Å². The number of imidazole rings is 1. The highest BCUT2D eigenvalue weighted by atomic mass is 19.1. The van der Waals surface area contributed by atoms with Crippen LogP contribution in [0.1, 0.15) is 26.3 Å². The molecular weight excluding hydrogens is 279 g/mol. The van der Waals surface area contributed by atoms with Crippen LogP contribution in [-0.2, 0) is 6.54 Å². The first-order chi connectivity index (χ1) is 10.4. The zero-order valence-electron chi connectivity index (χ0n) is 13.0. The molecule has 0 spiro atoms. The largest absolute Gasteiger partial charge is 0.308 e. The zero-order valence-corrected chi connectivity index (χ0v) is 13.0. The first kappa shape index (κ1) is 14.7. The van der Waals surface area contributed by atoms with Crippen LogP contribution >= 0.6 is 0 Å². The molecule has 0 aliphatic heterocycles. The molecule has 0 bridgehead atoms. The zero-order chi connectivity index (χ0) is 15.7. The van der Waals surface area contributed by atoms with Gasteiger partial charge in [0.1, 0.15) is 5.82 Å². The maximum atomic E-state index is 14.3. The van der Waals surface area contributed by atoms with Crippen molar-refractivity contribution in [2.24, 2.45) is 0 Å². The average molecular weight is 298 g/mol. The van der Waals surface area contributed by atoms with Crippen molar-refractivity contribution in [3.05, 3.63) is 54.1 Å². The van der Waals surface area contributed by atoms with Crippen molar-refractivity contribution in [2.45, 2.75) is 32.9 Å². The summed E-state index contributed by atoms with van der Waals surface area (Å²) in [5, 5.41) is 7.55. The SMILES string of the molecule is CC(C)(C)NCc1ccc(-c2cnc3cccnn23)cc1F. The molecule has 0 unspecified atom stereocenters. The molecule has 0 radical (unpaired) electrons. The van der Waals surface area contributed by atoms with Crippen molar-refractivity contribution >= 4 is 5.65 Å². The highest BCUT2D eigenvalue weighted by molar-refractivity contribution is 5.63. The fourth-order valence-corrected chi connectivity index (χ4v) is 2.24. The van der Waals surface area contributed by atoms with Crippen LogP contribution in [0, 0.1) is 5.82 Å². The summed E-state index contributed by atoms with van der Waals surface area (Å²) >= 11 is 0. The van der Waals surface area contributed by atoms with Gasteiger partial charge in [-0.1, -0.05) is 12.1 Å². The predicted octanol–water partition coefficient (Wildman–Crippen LogP) is 3.42. The maximum Gasteiger partial charge on any atom is 0.154 e. The lowest BCUT2D eigenvalue weighted by Gasteiger charge is -2.20. The highest BCUT2D eigenvalue weighted by Crippen LogP contribution is 2.22. The molecule has 3 rings (SSSR count). The molecule has 3 aromatic rings. The van der Waals surface area contributed by atoms with Gasteiger partial charge < -0.3 is 5.32 Å².